The fourth-order valence-electron chi connectivity index (χ4n) is 1.20. The van der Waals surface area contributed by atoms with Gasteiger partial charge in [0.25, 0.3) is 0 Å². The third-order valence-corrected chi connectivity index (χ3v) is 2.29. The van der Waals surface area contributed by atoms with Crippen molar-refractivity contribution in [2.24, 2.45) is 0 Å². The van der Waals surface area contributed by atoms with E-state index in [9.17, 15) is 5.11 Å². The van der Waals surface area contributed by atoms with Crippen molar-refractivity contribution >= 4 is 11.6 Å². The molecule has 4 heteroatoms. The van der Waals surface area contributed by atoms with Crippen LogP contribution in [0, 0.1) is 6.92 Å². The SMILES string of the molecule is Cc1onc(-c2ccccc2Cl)c1O. The molecule has 0 aliphatic heterocycles. The van der Waals surface area contributed by atoms with E-state index in [2.05, 4.69) is 5.16 Å². The van der Waals surface area contributed by atoms with E-state index in [1.165, 1.54) is 0 Å². The van der Waals surface area contributed by atoms with Gasteiger partial charge in [-0.05, 0) is 6.07 Å². The molecule has 2 aromatic rings. The number of nitrogens with zero attached hydrogens (tertiary/aromatic N) is 1. The van der Waals surface area contributed by atoms with Crippen LogP contribution in [0.15, 0.2) is 28.8 Å². The second-order valence-corrected chi connectivity index (χ2v) is 3.32. The fraction of sp³-hybridized carbons (Fsp3) is 0.100. The van der Waals surface area contributed by atoms with Gasteiger partial charge in [-0.3, -0.25) is 0 Å². The highest BCUT2D eigenvalue weighted by Crippen LogP contribution is 2.34. The van der Waals surface area contributed by atoms with Crippen molar-refractivity contribution in [1.82, 2.24) is 5.16 Å². The molecule has 1 aromatic heterocycles. The van der Waals surface area contributed by atoms with E-state index >= 15 is 0 Å². The van der Waals surface area contributed by atoms with Gasteiger partial charge in [0.1, 0.15) is 0 Å². The second-order valence-electron chi connectivity index (χ2n) is 2.92. The molecule has 0 radical (unpaired) electrons. The van der Waals surface area contributed by atoms with E-state index in [1.807, 2.05) is 12.1 Å². The van der Waals surface area contributed by atoms with Crippen LogP contribution in [0.5, 0.6) is 5.75 Å². The maximum absolute atomic E-state index is 9.60. The first kappa shape index (κ1) is 9.09. The summed E-state index contributed by atoms with van der Waals surface area (Å²) in [5.74, 6) is 0.429. The summed E-state index contributed by atoms with van der Waals surface area (Å²) in [5.41, 5.74) is 1.05. The Kier molecular flexibility index (Phi) is 2.17. The summed E-state index contributed by atoms with van der Waals surface area (Å²) < 4.78 is 4.85. The fourth-order valence-corrected chi connectivity index (χ4v) is 1.42. The van der Waals surface area contributed by atoms with Crippen LogP contribution < -0.4 is 0 Å². The largest absolute Gasteiger partial charge is 0.503 e. The topological polar surface area (TPSA) is 46.3 Å². The van der Waals surface area contributed by atoms with Gasteiger partial charge in [0.15, 0.2) is 17.2 Å². The Hall–Kier alpha value is -1.48. The molecule has 0 amide bonds. The lowest BCUT2D eigenvalue weighted by Crippen LogP contribution is -1.79. The van der Waals surface area contributed by atoms with Gasteiger partial charge >= 0.3 is 0 Å². The highest BCUT2D eigenvalue weighted by molar-refractivity contribution is 6.33. The molecule has 0 spiro atoms. The van der Waals surface area contributed by atoms with Crippen molar-refractivity contribution in [3.63, 3.8) is 0 Å². The lowest BCUT2D eigenvalue weighted by atomic mass is 10.1. The van der Waals surface area contributed by atoms with E-state index in [0.717, 1.165) is 0 Å². The normalized spacial score (nSPS) is 10.4. The Bertz CT molecular complexity index is 465. The molecule has 1 heterocycles. The highest BCUT2D eigenvalue weighted by atomic mass is 35.5. The first-order valence-electron chi connectivity index (χ1n) is 4.10. The lowest BCUT2D eigenvalue weighted by Gasteiger charge is -1.98. The van der Waals surface area contributed by atoms with Gasteiger partial charge in [-0.15, -0.1) is 0 Å². The molecule has 2 rings (SSSR count). The van der Waals surface area contributed by atoms with Crippen molar-refractivity contribution in [2.75, 3.05) is 0 Å². The first-order chi connectivity index (χ1) is 6.70. The Labute approximate surface area is 85.9 Å². The zero-order valence-electron chi connectivity index (χ0n) is 7.49. The van der Waals surface area contributed by atoms with Crippen LogP contribution in [0.1, 0.15) is 5.76 Å². The Morgan fingerprint density at radius 3 is 2.64 bits per heavy atom. The number of benzene rings is 1. The Morgan fingerprint density at radius 1 is 1.36 bits per heavy atom. The van der Waals surface area contributed by atoms with E-state index in [0.29, 0.717) is 22.0 Å². The minimum Gasteiger partial charge on any atom is -0.503 e. The number of rotatable bonds is 1. The van der Waals surface area contributed by atoms with E-state index in [-0.39, 0.29) is 5.75 Å². The molecule has 0 aliphatic rings. The summed E-state index contributed by atoms with van der Waals surface area (Å²) in [6, 6.07) is 7.15. The number of aromatic hydroxyl groups is 1. The van der Waals surface area contributed by atoms with Crippen LogP contribution in [0.3, 0.4) is 0 Å². The van der Waals surface area contributed by atoms with Crippen molar-refractivity contribution in [3.05, 3.63) is 35.0 Å². The van der Waals surface area contributed by atoms with Crippen molar-refractivity contribution in [1.29, 1.82) is 0 Å². The molecule has 14 heavy (non-hydrogen) atoms. The molecule has 0 atom stereocenters. The maximum atomic E-state index is 9.60. The van der Waals surface area contributed by atoms with Gasteiger partial charge in [0.2, 0.25) is 0 Å². The van der Waals surface area contributed by atoms with E-state index in [4.69, 9.17) is 16.1 Å². The summed E-state index contributed by atoms with van der Waals surface area (Å²) in [6.45, 7) is 1.64. The molecule has 0 aliphatic carbocycles. The smallest absolute Gasteiger partial charge is 0.186 e. The van der Waals surface area contributed by atoms with E-state index in [1.54, 1.807) is 19.1 Å². The van der Waals surface area contributed by atoms with Crippen LogP contribution in [-0.4, -0.2) is 10.3 Å². The second kappa shape index (κ2) is 3.35. The molecule has 0 saturated carbocycles. The average Bonchev–Trinajstić information content (AvgIpc) is 2.49. The molecule has 3 nitrogen and oxygen atoms in total. The number of aryl methyl sites for hydroxylation is 1. The summed E-state index contributed by atoms with van der Waals surface area (Å²) in [6.07, 6.45) is 0. The number of hydrogen-bond acceptors (Lipinski definition) is 3. The molecule has 72 valence electrons. The standard InChI is InChI=1S/C10H8ClNO2/c1-6-10(13)9(12-14-6)7-4-2-3-5-8(7)11/h2-5,13H,1H3. The predicted molar refractivity (Wildman–Crippen MR) is 53.4 cm³/mol. The number of aromatic nitrogens is 1. The molecular formula is C10H8ClNO2. The molecule has 0 saturated heterocycles. The Balaban J connectivity index is 2.60. The number of halogens is 1. The minimum absolute atomic E-state index is 0.0399. The lowest BCUT2D eigenvalue weighted by molar-refractivity contribution is 0.384. The monoisotopic (exact) mass is 209 g/mol. The Morgan fingerprint density at radius 2 is 2.07 bits per heavy atom. The third-order valence-electron chi connectivity index (χ3n) is 1.96. The van der Waals surface area contributed by atoms with Crippen molar-refractivity contribution < 1.29 is 9.63 Å². The van der Waals surface area contributed by atoms with Crippen molar-refractivity contribution in [2.45, 2.75) is 6.92 Å². The molecule has 0 bridgehead atoms. The summed E-state index contributed by atoms with van der Waals surface area (Å²) >= 11 is 5.95. The van der Waals surface area contributed by atoms with Crippen LogP contribution in [0.2, 0.25) is 5.02 Å². The van der Waals surface area contributed by atoms with Gasteiger partial charge in [-0.1, -0.05) is 35.0 Å². The summed E-state index contributed by atoms with van der Waals surface area (Å²) in [4.78, 5) is 0. The van der Waals surface area contributed by atoms with Crippen LogP contribution in [-0.2, 0) is 0 Å². The highest BCUT2D eigenvalue weighted by Gasteiger charge is 2.15. The summed E-state index contributed by atoms with van der Waals surface area (Å²) in [7, 11) is 0. The quantitative estimate of drug-likeness (QED) is 0.785. The predicted octanol–water partition coefficient (Wildman–Crippen LogP) is 3.01. The van der Waals surface area contributed by atoms with Gasteiger partial charge in [0, 0.05) is 12.5 Å². The van der Waals surface area contributed by atoms with Gasteiger partial charge < -0.3 is 9.63 Å². The summed E-state index contributed by atoms with van der Waals surface area (Å²) in [5, 5.41) is 13.9. The molecular weight excluding hydrogens is 202 g/mol. The zero-order valence-corrected chi connectivity index (χ0v) is 8.25. The molecule has 0 fully saturated rings. The molecule has 1 N–H and O–H groups in total. The van der Waals surface area contributed by atoms with Crippen LogP contribution in [0.25, 0.3) is 11.3 Å². The van der Waals surface area contributed by atoms with Gasteiger partial charge in [-0.2, -0.15) is 0 Å². The molecule has 1 aromatic carbocycles. The third kappa shape index (κ3) is 1.36. The van der Waals surface area contributed by atoms with Crippen LogP contribution >= 0.6 is 11.6 Å². The van der Waals surface area contributed by atoms with E-state index < -0.39 is 0 Å². The van der Waals surface area contributed by atoms with Crippen LogP contribution in [0.4, 0.5) is 0 Å². The first-order valence-corrected chi connectivity index (χ1v) is 4.48. The van der Waals surface area contributed by atoms with Gasteiger partial charge in [-0.25, -0.2) is 0 Å². The maximum Gasteiger partial charge on any atom is 0.186 e. The van der Waals surface area contributed by atoms with Gasteiger partial charge in [0.05, 0.1) is 5.02 Å². The molecule has 0 unspecified atom stereocenters. The number of hydrogen-bond donors (Lipinski definition) is 1. The average molecular weight is 210 g/mol. The van der Waals surface area contributed by atoms with Crippen molar-refractivity contribution in [3.8, 4) is 17.0 Å². The zero-order chi connectivity index (χ0) is 10.1. The minimum atomic E-state index is 0.0399.